The lowest BCUT2D eigenvalue weighted by molar-refractivity contribution is -0.165. The molecule has 2 aliphatic carbocycles. The zero-order chi connectivity index (χ0) is 24.5. The van der Waals surface area contributed by atoms with Crippen molar-refractivity contribution in [2.45, 2.75) is 36.8 Å². The lowest BCUT2D eigenvalue weighted by Crippen LogP contribution is -2.64. The van der Waals surface area contributed by atoms with Gasteiger partial charge in [-0.3, -0.25) is 4.79 Å². The molecule has 0 bridgehead atoms. The molecule has 8 heteroatoms. The van der Waals surface area contributed by atoms with Crippen molar-refractivity contribution in [1.29, 1.82) is 0 Å². The Balaban J connectivity index is 1.45. The maximum absolute atomic E-state index is 13.2. The van der Waals surface area contributed by atoms with E-state index in [1.165, 1.54) is 11.9 Å². The third-order valence-electron chi connectivity index (χ3n) is 7.03. The molecule has 0 aliphatic heterocycles. The molecule has 0 spiro atoms. The van der Waals surface area contributed by atoms with Crippen LogP contribution in [0.1, 0.15) is 36.3 Å². The summed E-state index contributed by atoms with van der Waals surface area (Å²) < 4.78 is 5.60. The van der Waals surface area contributed by atoms with Gasteiger partial charge in [-0.2, -0.15) is 0 Å². The summed E-state index contributed by atoms with van der Waals surface area (Å²) in [5.41, 5.74) is 3.27. The number of amides is 2. The number of hydrogen-bond acceptors (Lipinski definition) is 5. The molecule has 0 saturated heterocycles. The monoisotopic (exact) mass is 465 g/mol. The van der Waals surface area contributed by atoms with Crippen LogP contribution in [0.2, 0.25) is 0 Å². The van der Waals surface area contributed by atoms with E-state index in [1.807, 2.05) is 36.4 Å². The fraction of sp³-hybridized carbons (Fsp3) is 0.423. The molecule has 180 valence electrons. The van der Waals surface area contributed by atoms with Crippen LogP contribution in [-0.4, -0.2) is 78.8 Å². The molecule has 1 atom stereocenters. The van der Waals surface area contributed by atoms with Crippen LogP contribution in [0.4, 0.5) is 4.79 Å². The van der Waals surface area contributed by atoms with Crippen LogP contribution in [0.3, 0.4) is 0 Å². The molecule has 2 N–H and O–H groups in total. The number of carboxylic acids is 1. The third-order valence-corrected chi connectivity index (χ3v) is 7.03. The minimum absolute atomic E-state index is 0.0888. The van der Waals surface area contributed by atoms with Gasteiger partial charge in [-0.25, -0.2) is 9.59 Å². The molecular formula is C26H31N3O5. The van der Waals surface area contributed by atoms with Crippen molar-refractivity contribution in [2.75, 3.05) is 34.3 Å². The van der Waals surface area contributed by atoms with Crippen LogP contribution >= 0.6 is 0 Å². The van der Waals surface area contributed by atoms with Crippen LogP contribution in [0.25, 0.3) is 11.1 Å². The van der Waals surface area contributed by atoms with E-state index >= 15 is 0 Å². The minimum atomic E-state index is -1.20. The predicted molar refractivity (Wildman–Crippen MR) is 128 cm³/mol. The number of rotatable bonds is 8. The van der Waals surface area contributed by atoms with Gasteiger partial charge < -0.3 is 25.0 Å². The number of nitrogens with one attached hydrogen (secondary N) is 1. The second kappa shape index (κ2) is 9.46. The van der Waals surface area contributed by atoms with Crippen molar-refractivity contribution in [2.24, 2.45) is 0 Å². The molecule has 0 aromatic heterocycles. The van der Waals surface area contributed by atoms with Crippen molar-refractivity contribution in [3.8, 4) is 11.1 Å². The molecule has 2 amide bonds. The Bertz CT molecular complexity index is 1050. The van der Waals surface area contributed by atoms with Gasteiger partial charge in [0.25, 0.3) is 0 Å². The first-order valence-corrected chi connectivity index (χ1v) is 11.5. The Morgan fingerprint density at radius 2 is 1.59 bits per heavy atom. The van der Waals surface area contributed by atoms with Gasteiger partial charge in [0.15, 0.2) is 0 Å². The zero-order valence-corrected chi connectivity index (χ0v) is 19.8. The Kier molecular flexibility index (Phi) is 6.61. The van der Waals surface area contributed by atoms with E-state index in [0.717, 1.165) is 28.7 Å². The Labute approximate surface area is 199 Å². The van der Waals surface area contributed by atoms with E-state index in [0.29, 0.717) is 12.8 Å². The molecule has 2 aliphatic rings. The molecule has 2 aromatic carbocycles. The lowest BCUT2D eigenvalue weighted by Gasteiger charge is -2.46. The molecule has 8 nitrogen and oxygen atoms in total. The number of fused-ring (bicyclic) bond motifs is 3. The average molecular weight is 466 g/mol. The van der Waals surface area contributed by atoms with Gasteiger partial charge >= 0.3 is 12.1 Å². The fourth-order valence-corrected chi connectivity index (χ4v) is 4.98. The normalized spacial score (nSPS) is 16.7. The molecule has 1 fully saturated rings. The van der Waals surface area contributed by atoms with Crippen molar-refractivity contribution in [1.82, 2.24) is 15.1 Å². The molecule has 4 rings (SSSR count). The topological polar surface area (TPSA) is 99.2 Å². The van der Waals surface area contributed by atoms with Crippen molar-refractivity contribution < 1.29 is 24.2 Å². The first-order valence-electron chi connectivity index (χ1n) is 11.5. The Hall–Kier alpha value is -3.39. The van der Waals surface area contributed by atoms with E-state index < -0.39 is 29.6 Å². The number of ether oxygens (including phenoxy) is 1. The lowest BCUT2D eigenvalue weighted by atomic mass is 9.75. The number of likely N-dealkylation sites (N-methyl/N-ethyl adjacent to an activating group) is 2. The van der Waals surface area contributed by atoms with Crippen molar-refractivity contribution >= 4 is 18.0 Å². The van der Waals surface area contributed by atoms with Gasteiger partial charge in [0.2, 0.25) is 5.91 Å². The predicted octanol–water partition coefficient (Wildman–Crippen LogP) is 2.92. The maximum Gasteiger partial charge on any atom is 0.407 e. The van der Waals surface area contributed by atoms with E-state index in [9.17, 15) is 19.5 Å². The minimum Gasteiger partial charge on any atom is -0.479 e. The summed E-state index contributed by atoms with van der Waals surface area (Å²) >= 11 is 0. The summed E-state index contributed by atoms with van der Waals surface area (Å²) in [6, 6.07) is 15.2. The number of nitrogens with zero attached hydrogens (tertiary/aromatic N) is 2. The summed E-state index contributed by atoms with van der Waals surface area (Å²) in [4.78, 5) is 40.9. The van der Waals surface area contributed by atoms with Gasteiger partial charge in [-0.15, -0.1) is 0 Å². The number of hydrogen-bond donors (Lipinski definition) is 2. The van der Waals surface area contributed by atoms with E-state index in [2.05, 4.69) is 17.4 Å². The second-order valence-corrected chi connectivity index (χ2v) is 9.37. The van der Waals surface area contributed by atoms with Crippen molar-refractivity contribution in [3.63, 3.8) is 0 Å². The van der Waals surface area contributed by atoms with Crippen LogP contribution in [0, 0.1) is 0 Å². The smallest absolute Gasteiger partial charge is 0.407 e. The summed E-state index contributed by atoms with van der Waals surface area (Å²) in [5.74, 6) is -1.54. The molecular weight excluding hydrogens is 434 g/mol. The highest BCUT2D eigenvalue weighted by atomic mass is 16.5. The molecule has 2 aromatic rings. The van der Waals surface area contributed by atoms with Gasteiger partial charge in [-0.1, -0.05) is 48.5 Å². The molecule has 0 heterocycles. The van der Waals surface area contributed by atoms with E-state index in [4.69, 9.17) is 4.74 Å². The van der Waals surface area contributed by atoms with Gasteiger partial charge in [0.1, 0.15) is 18.2 Å². The average Bonchev–Trinajstić information content (AvgIpc) is 3.09. The first-order chi connectivity index (χ1) is 16.2. The third kappa shape index (κ3) is 4.25. The van der Waals surface area contributed by atoms with Crippen molar-refractivity contribution in [3.05, 3.63) is 59.7 Å². The highest BCUT2D eigenvalue weighted by Crippen LogP contribution is 2.44. The zero-order valence-electron chi connectivity index (χ0n) is 19.8. The summed E-state index contributed by atoms with van der Waals surface area (Å²) in [6.45, 7) is 0.362. The SMILES string of the molecule is CN(C)CC(NC(=O)OCC1c2ccccc2-c2ccccc21)C(=O)N(C)C1(C(=O)O)CCC1. The molecule has 1 unspecified atom stereocenters. The van der Waals surface area contributed by atoms with Crippen LogP contribution in [-0.2, 0) is 14.3 Å². The summed E-state index contributed by atoms with van der Waals surface area (Å²) in [5, 5.41) is 12.4. The number of carbonyl (C=O) groups excluding carboxylic acids is 2. The number of alkyl carbamates (subject to hydrolysis) is 1. The molecule has 0 radical (unpaired) electrons. The second-order valence-electron chi connectivity index (χ2n) is 9.37. The summed E-state index contributed by atoms with van der Waals surface area (Å²) in [7, 11) is 5.07. The fourth-order valence-electron chi connectivity index (χ4n) is 4.98. The van der Waals surface area contributed by atoms with Gasteiger partial charge in [0, 0.05) is 19.5 Å². The van der Waals surface area contributed by atoms with Gasteiger partial charge in [-0.05, 0) is 55.6 Å². The maximum atomic E-state index is 13.2. The van der Waals surface area contributed by atoms with Crippen LogP contribution in [0.5, 0.6) is 0 Å². The van der Waals surface area contributed by atoms with Gasteiger partial charge in [0.05, 0.1) is 0 Å². The van der Waals surface area contributed by atoms with E-state index in [1.54, 1.807) is 19.0 Å². The number of benzene rings is 2. The summed E-state index contributed by atoms with van der Waals surface area (Å²) in [6.07, 6.45) is 0.865. The molecule has 34 heavy (non-hydrogen) atoms. The van der Waals surface area contributed by atoms with Crippen LogP contribution < -0.4 is 5.32 Å². The highest BCUT2D eigenvalue weighted by Gasteiger charge is 2.51. The first kappa shape index (κ1) is 23.8. The van der Waals surface area contributed by atoms with E-state index in [-0.39, 0.29) is 19.1 Å². The largest absolute Gasteiger partial charge is 0.479 e. The number of carboxylic acid groups (broad SMARTS) is 1. The number of aliphatic carboxylic acids is 1. The quantitative estimate of drug-likeness (QED) is 0.622. The van der Waals surface area contributed by atoms with Crippen LogP contribution in [0.15, 0.2) is 48.5 Å². The Morgan fingerprint density at radius 3 is 2.06 bits per heavy atom. The number of carbonyl (C=O) groups is 3. The standard InChI is InChI=1S/C26H31N3O5/c1-28(2)15-22(23(30)29(3)26(24(31)32)13-8-14-26)27-25(33)34-16-21-19-11-6-4-9-17(19)18-10-5-7-12-20(18)21/h4-7,9-12,21-22H,8,13-16H2,1-3H3,(H,27,33)(H,31,32). The Morgan fingerprint density at radius 1 is 1.03 bits per heavy atom. The highest BCUT2D eigenvalue weighted by molar-refractivity contribution is 5.92. The molecule has 1 saturated carbocycles.